The molecule has 0 aliphatic rings. The molecule has 1 nitrogen and oxygen atoms in total. The zero-order valence-corrected chi connectivity index (χ0v) is 13.3. The quantitative estimate of drug-likeness (QED) is 0.578. The van der Waals surface area contributed by atoms with E-state index in [1.807, 2.05) is 6.07 Å². The van der Waals surface area contributed by atoms with Crippen molar-refractivity contribution in [1.29, 1.82) is 0 Å². The van der Waals surface area contributed by atoms with Gasteiger partial charge in [-0.05, 0) is 50.9 Å². The van der Waals surface area contributed by atoms with Crippen LogP contribution in [0.15, 0.2) is 32.0 Å². The lowest BCUT2D eigenvalue weighted by Crippen LogP contribution is -1.88. The molecule has 15 heavy (non-hydrogen) atoms. The van der Waals surface area contributed by atoms with Crippen molar-refractivity contribution in [3.05, 3.63) is 42.9 Å². The molecule has 0 fully saturated rings. The molecule has 0 amide bonds. The van der Waals surface area contributed by atoms with Crippen LogP contribution in [0.5, 0.6) is 0 Å². The van der Waals surface area contributed by atoms with Crippen LogP contribution in [-0.2, 0) is 0 Å². The molecule has 0 bridgehead atoms. The summed E-state index contributed by atoms with van der Waals surface area (Å²) in [6.07, 6.45) is 1.68. The van der Waals surface area contributed by atoms with Gasteiger partial charge >= 0.3 is 0 Å². The average molecular weight is 415 g/mol. The van der Waals surface area contributed by atoms with Crippen LogP contribution in [0.3, 0.4) is 0 Å². The fraction of sp³-hybridized carbons (Fsp3) is 0.200. The lowest BCUT2D eigenvalue weighted by Gasteiger charge is -2.06. The molecule has 0 aliphatic carbocycles. The lowest BCUT2D eigenvalue weighted by atomic mass is 10.2. The highest BCUT2D eigenvalue weighted by Crippen LogP contribution is 2.42. The van der Waals surface area contributed by atoms with E-state index in [4.69, 9.17) is 4.42 Å². The Morgan fingerprint density at radius 1 is 1.40 bits per heavy atom. The fourth-order valence-electron chi connectivity index (χ4n) is 1.30. The van der Waals surface area contributed by atoms with E-state index >= 15 is 0 Å². The highest BCUT2D eigenvalue weighted by molar-refractivity contribution is 9.11. The Morgan fingerprint density at radius 3 is 2.60 bits per heavy atom. The zero-order valence-electron chi connectivity index (χ0n) is 7.76. The van der Waals surface area contributed by atoms with Crippen LogP contribution in [0, 0.1) is 6.92 Å². The summed E-state index contributed by atoms with van der Waals surface area (Å²) in [5.41, 5.74) is 1.11. The third-order valence-corrected chi connectivity index (χ3v) is 5.92. The van der Waals surface area contributed by atoms with Crippen molar-refractivity contribution in [2.24, 2.45) is 0 Å². The van der Waals surface area contributed by atoms with Gasteiger partial charge in [0.25, 0.3) is 0 Å². The van der Waals surface area contributed by atoms with Crippen molar-refractivity contribution >= 4 is 59.1 Å². The first-order valence-corrected chi connectivity index (χ1v) is 7.54. The molecule has 5 heteroatoms. The number of aryl methyl sites for hydroxylation is 1. The van der Waals surface area contributed by atoms with Crippen molar-refractivity contribution in [2.75, 3.05) is 0 Å². The van der Waals surface area contributed by atoms with Crippen LogP contribution in [0.1, 0.15) is 20.1 Å². The average Bonchev–Trinajstić information content (AvgIpc) is 2.71. The maximum atomic E-state index is 5.23. The van der Waals surface area contributed by atoms with Crippen LogP contribution in [0.4, 0.5) is 0 Å². The zero-order chi connectivity index (χ0) is 11.0. The maximum absolute atomic E-state index is 5.23. The second kappa shape index (κ2) is 4.73. The minimum absolute atomic E-state index is 0.165. The van der Waals surface area contributed by atoms with E-state index in [2.05, 4.69) is 60.8 Å². The van der Waals surface area contributed by atoms with Crippen molar-refractivity contribution in [2.45, 2.75) is 11.8 Å². The van der Waals surface area contributed by atoms with Crippen LogP contribution in [0.25, 0.3) is 0 Å². The van der Waals surface area contributed by atoms with Gasteiger partial charge in [-0.2, -0.15) is 0 Å². The highest BCUT2D eigenvalue weighted by atomic mass is 79.9. The molecule has 1 atom stereocenters. The molecule has 0 N–H and O–H groups in total. The Morgan fingerprint density at radius 2 is 2.13 bits per heavy atom. The SMILES string of the molecule is Cc1cc(Br)c(C(Br)c2ccoc2Br)s1. The summed E-state index contributed by atoms with van der Waals surface area (Å²) in [4.78, 5) is 2.72. The third-order valence-electron chi connectivity index (χ3n) is 1.99. The predicted molar refractivity (Wildman–Crippen MR) is 73.9 cm³/mol. The van der Waals surface area contributed by atoms with Crippen LogP contribution in [0.2, 0.25) is 0 Å². The first-order valence-electron chi connectivity index (χ1n) is 4.22. The first-order chi connectivity index (χ1) is 7.09. The molecule has 0 aromatic carbocycles. The van der Waals surface area contributed by atoms with E-state index < -0.39 is 0 Å². The van der Waals surface area contributed by atoms with Gasteiger partial charge in [0.2, 0.25) is 0 Å². The maximum Gasteiger partial charge on any atom is 0.173 e. The van der Waals surface area contributed by atoms with E-state index in [0.29, 0.717) is 0 Å². The Bertz CT molecular complexity index is 475. The molecule has 0 saturated carbocycles. The molecule has 0 radical (unpaired) electrons. The van der Waals surface area contributed by atoms with E-state index in [1.54, 1.807) is 17.6 Å². The second-order valence-electron chi connectivity index (χ2n) is 3.08. The molecule has 80 valence electrons. The highest BCUT2D eigenvalue weighted by Gasteiger charge is 2.20. The number of hydrogen-bond acceptors (Lipinski definition) is 2. The van der Waals surface area contributed by atoms with E-state index in [9.17, 15) is 0 Å². The Kier molecular flexibility index (Phi) is 3.75. The summed E-state index contributed by atoms with van der Waals surface area (Å²) < 4.78 is 7.15. The van der Waals surface area contributed by atoms with Gasteiger partial charge < -0.3 is 4.42 Å². The van der Waals surface area contributed by atoms with E-state index in [1.165, 1.54) is 9.75 Å². The van der Waals surface area contributed by atoms with Crippen LogP contribution >= 0.6 is 59.1 Å². The van der Waals surface area contributed by atoms with Crippen molar-refractivity contribution in [3.63, 3.8) is 0 Å². The lowest BCUT2D eigenvalue weighted by molar-refractivity contribution is 0.538. The minimum Gasteiger partial charge on any atom is -0.457 e. The van der Waals surface area contributed by atoms with E-state index in [-0.39, 0.29) is 4.83 Å². The second-order valence-corrected chi connectivity index (χ2v) is 6.86. The normalized spacial score (nSPS) is 13.1. The van der Waals surface area contributed by atoms with Gasteiger partial charge in [0.15, 0.2) is 4.67 Å². The molecule has 2 aromatic rings. The molecule has 0 aliphatic heterocycles. The van der Waals surface area contributed by atoms with Crippen LogP contribution in [-0.4, -0.2) is 0 Å². The Hall–Kier alpha value is 0.420. The van der Waals surface area contributed by atoms with Crippen LogP contribution < -0.4 is 0 Å². The van der Waals surface area contributed by atoms with Gasteiger partial charge in [0, 0.05) is 19.8 Å². The first kappa shape index (κ1) is 11.9. The number of halogens is 3. The molecule has 2 heterocycles. The monoisotopic (exact) mass is 412 g/mol. The molecule has 0 spiro atoms. The summed E-state index contributed by atoms with van der Waals surface area (Å²) in [7, 11) is 0. The Balaban J connectivity index is 2.40. The van der Waals surface area contributed by atoms with E-state index in [0.717, 1.165) is 14.7 Å². The third kappa shape index (κ3) is 2.40. The number of furan rings is 1. The molecule has 0 saturated heterocycles. The van der Waals surface area contributed by atoms with Gasteiger partial charge in [-0.25, -0.2) is 0 Å². The molecular weight excluding hydrogens is 408 g/mol. The smallest absolute Gasteiger partial charge is 0.173 e. The van der Waals surface area contributed by atoms with Gasteiger partial charge in [-0.3, -0.25) is 0 Å². The summed E-state index contributed by atoms with van der Waals surface area (Å²) in [6, 6.07) is 4.09. The molecular formula is C10H7Br3OS. The van der Waals surface area contributed by atoms with Gasteiger partial charge in [0.05, 0.1) is 11.1 Å². The largest absolute Gasteiger partial charge is 0.457 e. The summed E-state index contributed by atoms with van der Waals surface area (Å²) >= 11 is 12.4. The standard InChI is InChI=1S/C10H7Br3OS/c1-5-4-7(11)9(15-5)8(12)6-2-3-14-10(6)13/h2-4,8H,1H3. The minimum atomic E-state index is 0.165. The molecule has 2 rings (SSSR count). The number of rotatable bonds is 2. The fourth-order valence-corrected chi connectivity index (χ4v) is 5.15. The summed E-state index contributed by atoms with van der Waals surface area (Å²) in [5, 5.41) is 0. The van der Waals surface area contributed by atoms with Crippen molar-refractivity contribution in [3.8, 4) is 0 Å². The number of thiophene rings is 1. The van der Waals surface area contributed by atoms with Gasteiger partial charge in [0.1, 0.15) is 0 Å². The molecule has 1 unspecified atom stereocenters. The van der Waals surface area contributed by atoms with Gasteiger partial charge in [-0.1, -0.05) is 15.9 Å². The summed E-state index contributed by atoms with van der Waals surface area (Å²) in [6.45, 7) is 2.10. The van der Waals surface area contributed by atoms with Crippen molar-refractivity contribution in [1.82, 2.24) is 0 Å². The predicted octanol–water partition coefficient (Wildman–Crippen LogP) is 5.66. The Labute approximate surface area is 117 Å². The summed E-state index contributed by atoms with van der Waals surface area (Å²) in [5.74, 6) is 0. The van der Waals surface area contributed by atoms with Crippen molar-refractivity contribution < 1.29 is 4.42 Å². The molecule has 2 aromatic heterocycles. The number of alkyl halides is 1. The number of hydrogen-bond donors (Lipinski definition) is 0. The van der Waals surface area contributed by atoms with Gasteiger partial charge in [-0.15, -0.1) is 11.3 Å². The topological polar surface area (TPSA) is 13.1 Å².